The fourth-order valence-corrected chi connectivity index (χ4v) is 4.41. The number of carboxylic acid groups (broad SMARTS) is 1. The van der Waals surface area contributed by atoms with E-state index >= 15 is 0 Å². The summed E-state index contributed by atoms with van der Waals surface area (Å²) >= 11 is 0. The van der Waals surface area contributed by atoms with Crippen molar-refractivity contribution in [1.82, 2.24) is 4.57 Å². The molecule has 0 aliphatic rings. The van der Waals surface area contributed by atoms with E-state index in [9.17, 15) is 29.7 Å². The molecule has 0 spiro atoms. The van der Waals surface area contributed by atoms with Crippen LogP contribution >= 0.6 is 0 Å². The zero-order valence-corrected chi connectivity index (χ0v) is 21.2. The molecule has 0 saturated heterocycles. The van der Waals surface area contributed by atoms with Crippen LogP contribution in [-0.4, -0.2) is 44.0 Å². The van der Waals surface area contributed by atoms with Gasteiger partial charge in [0.15, 0.2) is 11.5 Å². The molecular formula is C29H27NO9. The number of rotatable bonds is 9. The number of ether oxygens (including phenoxy) is 1. The number of pyridine rings is 1. The molecule has 10 heteroatoms. The first-order valence-electron chi connectivity index (χ1n) is 12.0. The van der Waals surface area contributed by atoms with Crippen molar-refractivity contribution in [2.45, 2.75) is 32.2 Å². The fraction of sp³-hybridized carbons (Fsp3) is 0.207. The Morgan fingerprint density at radius 1 is 0.949 bits per heavy atom. The van der Waals surface area contributed by atoms with Gasteiger partial charge in [-0.15, -0.1) is 0 Å². The third-order valence-electron chi connectivity index (χ3n) is 6.52. The molecule has 2 heterocycles. The maximum absolute atomic E-state index is 13.7. The van der Waals surface area contributed by atoms with E-state index in [-0.39, 0.29) is 47.1 Å². The first kappa shape index (κ1) is 27.1. The van der Waals surface area contributed by atoms with Crippen LogP contribution in [0, 0.1) is 6.92 Å². The summed E-state index contributed by atoms with van der Waals surface area (Å²) in [6.07, 6.45) is 0.0663. The second-order valence-electron chi connectivity index (χ2n) is 9.03. The van der Waals surface area contributed by atoms with E-state index in [1.54, 1.807) is 37.3 Å². The maximum atomic E-state index is 13.7. The summed E-state index contributed by atoms with van der Waals surface area (Å²) in [6, 6.07) is 15.1. The minimum absolute atomic E-state index is 0.0401. The number of hydrogen-bond donors (Lipinski definition) is 4. The number of aromatic nitrogens is 1. The van der Waals surface area contributed by atoms with Crippen molar-refractivity contribution >= 4 is 11.9 Å². The number of furan rings is 1. The lowest BCUT2D eigenvalue weighted by molar-refractivity contribution is -0.140. The molecule has 0 aliphatic heterocycles. The van der Waals surface area contributed by atoms with Gasteiger partial charge in [0.2, 0.25) is 0 Å². The lowest BCUT2D eigenvalue weighted by Gasteiger charge is -2.19. The molecule has 0 fully saturated rings. The predicted molar refractivity (Wildman–Crippen MR) is 140 cm³/mol. The second-order valence-corrected chi connectivity index (χ2v) is 9.03. The van der Waals surface area contributed by atoms with Gasteiger partial charge in [0.05, 0.1) is 30.6 Å². The van der Waals surface area contributed by atoms with Crippen LogP contribution in [-0.2, 0) is 22.5 Å². The fourth-order valence-electron chi connectivity index (χ4n) is 4.41. The van der Waals surface area contributed by atoms with E-state index in [1.165, 1.54) is 42.0 Å². The number of esters is 1. The highest BCUT2D eigenvalue weighted by Gasteiger charge is 2.29. The Bertz CT molecular complexity index is 1580. The van der Waals surface area contributed by atoms with Gasteiger partial charge in [-0.05, 0) is 61.4 Å². The molecule has 0 radical (unpaired) electrons. The summed E-state index contributed by atoms with van der Waals surface area (Å²) in [5.41, 5.74) is 1.31. The van der Waals surface area contributed by atoms with Crippen molar-refractivity contribution in [2.24, 2.45) is 0 Å². The summed E-state index contributed by atoms with van der Waals surface area (Å²) < 4.78 is 12.3. The summed E-state index contributed by atoms with van der Waals surface area (Å²) in [6.45, 7) is 1.87. The quantitative estimate of drug-likeness (QED) is 0.183. The molecule has 4 rings (SSSR count). The van der Waals surface area contributed by atoms with Gasteiger partial charge in [0.1, 0.15) is 17.3 Å². The molecule has 0 bridgehead atoms. The number of hydrogen-bond acceptors (Lipinski definition) is 8. The van der Waals surface area contributed by atoms with Crippen molar-refractivity contribution < 1.29 is 39.2 Å². The summed E-state index contributed by atoms with van der Waals surface area (Å²) in [7, 11) is 1.22. The van der Waals surface area contributed by atoms with Crippen molar-refractivity contribution in [2.75, 3.05) is 7.11 Å². The van der Waals surface area contributed by atoms with Gasteiger partial charge in [0.25, 0.3) is 5.56 Å². The Morgan fingerprint density at radius 3 is 2.31 bits per heavy atom. The monoisotopic (exact) mass is 533 g/mol. The first-order valence-corrected chi connectivity index (χ1v) is 12.0. The molecule has 4 N–H and O–H groups in total. The number of methoxy groups -OCH3 is 1. The number of benzene rings is 2. The van der Waals surface area contributed by atoms with Crippen LogP contribution < -0.4 is 5.56 Å². The average molecular weight is 534 g/mol. The number of carbonyl (C=O) groups is 2. The normalized spacial score (nSPS) is 11.7. The number of phenolic OH excluding ortho intramolecular Hbond substituents is 2. The molecule has 2 aromatic heterocycles. The Hall–Kier alpha value is -4.99. The van der Waals surface area contributed by atoms with Crippen LogP contribution in [0.4, 0.5) is 0 Å². The highest BCUT2D eigenvalue weighted by atomic mass is 16.5. The van der Waals surface area contributed by atoms with Crippen molar-refractivity contribution in [3.63, 3.8) is 0 Å². The second kappa shape index (κ2) is 11.2. The third kappa shape index (κ3) is 5.80. The number of nitrogens with zero attached hydrogens (tertiary/aromatic N) is 1. The molecule has 0 aliphatic carbocycles. The number of phenols is 2. The zero-order valence-electron chi connectivity index (χ0n) is 21.2. The molecule has 0 saturated carbocycles. The lowest BCUT2D eigenvalue weighted by Crippen LogP contribution is -2.29. The smallest absolute Gasteiger partial charge is 0.335 e. The van der Waals surface area contributed by atoms with E-state index < -0.39 is 23.4 Å². The molecule has 202 valence electrons. The number of aryl methyl sites for hydroxylation is 2. The minimum atomic E-state index is -1.06. The minimum Gasteiger partial charge on any atom is -0.507 e. The molecular weight excluding hydrogens is 506 g/mol. The van der Waals surface area contributed by atoms with Gasteiger partial charge in [0, 0.05) is 17.8 Å². The standard InChI is InChI=1S/C29H27NO9/c1-16-13-23(33)27(28(35)30(16)12-11-17-3-8-21(31)22(32)14-17)20(15-26(34)38-2)25-10-9-24(39-25)18-4-6-19(7-5-18)29(36)37/h3-10,13-14,20,31-33H,11-12,15H2,1-2H3,(H,36,37). The number of carbonyl (C=O) groups excluding carboxylic acids is 1. The van der Waals surface area contributed by atoms with E-state index in [0.29, 0.717) is 29.0 Å². The van der Waals surface area contributed by atoms with Crippen molar-refractivity contribution in [3.8, 4) is 28.6 Å². The van der Waals surface area contributed by atoms with Gasteiger partial charge in [-0.25, -0.2) is 4.79 Å². The molecule has 1 unspecified atom stereocenters. The van der Waals surface area contributed by atoms with Crippen LogP contribution in [0.1, 0.15) is 45.3 Å². The van der Waals surface area contributed by atoms with Crippen molar-refractivity contribution in [3.05, 3.63) is 99.2 Å². The summed E-state index contributed by atoms with van der Waals surface area (Å²) in [5.74, 6) is -2.84. The number of aromatic hydroxyl groups is 3. The number of aromatic carboxylic acids is 1. The van der Waals surface area contributed by atoms with E-state index in [4.69, 9.17) is 14.3 Å². The van der Waals surface area contributed by atoms with Crippen LogP contribution in [0.15, 0.2) is 69.9 Å². The van der Waals surface area contributed by atoms with E-state index in [2.05, 4.69) is 0 Å². The third-order valence-corrected chi connectivity index (χ3v) is 6.52. The molecule has 2 aromatic carbocycles. The van der Waals surface area contributed by atoms with Crippen LogP contribution in [0.3, 0.4) is 0 Å². The molecule has 10 nitrogen and oxygen atoms in total. The Balaban J connectivity index is 1.72. The SMILES string of the molecule is COC(=O)CC(c1ccc(-c2ccc(C(=O)O)cc2)o1)c1c(O)cc(C)n(CCc2ccc(O)c(O)c2)c1=O. The summed E-state index contributed by atoms with van der Waals surface area (Å²) in [4.78, 5) is 37.2. The lowest BCUT2D eigenvalue weighted by atomic mass is 9.93. The molecule has 4 aromatic rings. The molecule has 0 amide bonds. The predicted octanol–water partition coefficient (Wildman–Crippen LogP) is 4.17. The first-order chi connectivity index (χ1) is 18.6. The van der Waals surface area contributed by atoms with Gasteiger partial charge in [-0.3, -0.25) is 9.59 Å². The van der Waals surface area contributed by atoms with E-state index in [1.807, 2.05) is 0 Å². The molecule has 39 heavy (non-hydrogen) atoms. The largest absolute Gasteiger partial charge is 0.507 e. The zero-order chi connectivity index (χ0) is 28.3. The van der Waals surface area contributed by atoms with E-state index in [0.717, 1.165) is 0 Å². The molecule has 1 atom stereocenters. The highest BCUT2D eigenvalue weighted by Crippen LogP contribution is 2.36. The van der Waals surface area contributed by atoms with Crippen LogP contribution in [0.2, 0.25) is 0 Å². The average Bonchev–Trinajstić information content (AvgIpc) is 3.40. The summed E-state index contributed by atoms with van der Waals surface area (Å²) in [5, 5.41) is 39.3. The Kier molecular flexibility index (Phi) is 7.75. The van der Waals surface area contributed by atoms with Gasteiger partial charge in [-0.2, -0.15) is 0 Å². The van der Waals surface area contributed by atoms with Gasteiger partial charge < -0.3 is 34.1 Å². The Labute approximate surface area is 223 Å². The van der Waals surface area contributed by atoms with Gasteiger partial charge >= 0.3 is 11.9 Å². The number of carboxylic acids is 1. The maximum Gasteiger partial charge on any atom is 0.335 e. The topological polar surface area (TPSA) is 159 Å². The van der Waals surface area contributed by atoms with Crippen LogP contribution in [0.25, 0.3) is 11.3 Å². The Morgan fingerprint density at radius 2 is 1.67 bits per heavy atom. The van der Waals surface area contributed by atoms with Crippen molar-refractivity contribution in [1.29, 1.82) is 0 Å². The van der Waals surface area contributed by atoms with Crippen LogP contribution in [0.5, 0.6) is 17.2 Å². The highest BCUT2D eigenvalue weighted by molar-refractivity contribution is 5.88. The van der Waals surface area contributed by atoms with Gasteiger partial charge in [-0.1, -0.05) is 18.2 Å².